The van der Waals surface area contributed by atoms with Gasteiger partial charge in [-0.1, -0.05) is 54.6 Å². The summed E-state index contributed by atoms with van der Waals surface area (Å²) in [5.41, 5.74) is 1.33. The van der Waals surface area contributed by atoms with Gasteiger partial charge in [-0.2, -0.15) is 13.2 Å². The first-order chi connectivity index (χ1) is 13.9. The molecule has 0 heterocycles. The van der Waals surface area contributed by atoms with Gasteiger partial charge >= 0.3 is 6.18 Å². The van der Waals surface area contributed by atoms with Crippen molar-refractivity contribution in [3.05, 3.63) is 108 Å². The summed E-state index contributed by atoms with van der Waals surface area (Å²) in [6.07, 6.45) is -4.47. The van der Waals surface area contributed by atoms with E-state index < -0.39 is 11.7 Å². The number of rotatable bonds is 4. The number of carbonyl (C=O) groups is 1. The molecule has 0 saturated heterocycles. The van der Waals surface area contributed by atoms with Crippen molar-refractivity contribution in [1.82, 2.24) is 0 Å². The Morgan fingerprint density at radius 2 is 1.38 bits per heavy atom. The van der Waals surface area contributed by atoms with Crippen molar-refractivity contribution in [1.29, 1.82) is 0 Å². The molecule has 4 aromatic rings. The SMILES string of the molecule is O=C(c1ccccc1)c1ccc(Nc2ccccc2)c2cc(C(F)(F)F)ccc12. The van der Waals surface area contributed by atoms with E-state index in [2.05, 4.69) is 5.32 Å². The molecule has 0 radical (unpaired) electrons. The number of alkyl halides is 3. The van der Waals surface area contributed by atoms with E-state index in [0.29, 0.717) is 27.6 Å². The zero-order chi connectivity index (χ0) is 20.4. The third-order valence-electron chi connectivity index (χ3n) is 4.68. The molecule has 1 N–H and O–H groups in total. The molecule has 0 aromatic heterocycles. The smallest absolute Gasteiger partial charge is 0.355 e. The number of carbonyl (C=O) groups excluding carboxylic acids is 1. The quantitative estimate of drug-likeness (QED) is 0.386. The van der Waals surface area contributed by atoms with Crippen molar-refractivity contribution in [2.24, 2.45) is 0 Å². The maximum absolute atomic E-state index is 13.3. The van der Waals surface area contributed by atoms with Crippen molar-refractivity contribution in [3.8, 4) is 0 Å². The van der Waals surface area contributed by atoms with Crippen LogP contribution in [0.2, 0.25) is 0 Å². The maximum Gasteiger partial charge on any atom is 0.416 e. The molecular formula is C24H16F3NO. The molecule has 144 valence electrons. The number of benzene rings is 4. The van der Waals surface area contributed by atoms with E-state index in [4.69, 9.17) is 0 Å². The van der Waals surface area contributed by atoms with Gasteiger partial charge < -0.3 is 5.32 Å². The average Bonchev–Trinajstić information content (AvgIpc) is 2.74. The van der Waals surface area contributed by atoms with Gasteiger partial charge in [0.25, 0.3) is 0 Å². The Morgan fingerprint density at radius 3 is 2.03 bits per heavy atom. The number of ketones is 1. The number of nitrogens with one attached hydrogen (secondary N) is 1. The highest BCUT2D eigenvalue weighted by Gasteiger charge is 2.31. The van der Waals surface area contributed by atoms with Crippen molar-refractivity contribution in [2.45, 2.75) is 6.18 Å². The Kier molecular flexibility index (Phi) is 4.80. The first-order valence-electron chi connectivity index (χ1n) is 8.99. The van der Waals surface area contributed by atoms with Crippen LogP contribution in [0.5, 0.6) is 0 Å². The van der Waals surface area contributed by atoms with Crippen molar-refractivity contribution >= 4 is 27.9 Å². The Morgan fingerprint density at radius 1 is 0.724 bits per heavy atom. The van der Waals surface area contributed by atoms with E-state index in [1.54, 1.807) is 42.5 Å². The monoisotopic (exact) mass is 391 g/mol. The van der Waals surface area contributed by atoms with Gasteiger partial charge in [-0.05, 0) is 41.8 Å². The molecule has 4 aromatic carbocycles. The van der Waals surface area contributed by atoms with Crippen LogP contribution in [0.1, 0.15) is 21.5 Å². The Balaban J connectivity index is 1.89. The molecule has 0 fully saturated rings. The van der Waals surface area contributed by atoms with Gasteiger partial charge in [0.2, 0.25) is 0 Å². The van der Waals surface area contributed by atoms with Crippen LogP contribution in [0.3, 0.4) is 0 Å². The maximum atomic E-state index is 13.3. The second kappa shape index (κ2) is 7.43. The molecule has 4 rings (SSSR count). The minimum Gasteiger partial charge on any atom is -0.355 e. The number of para-hydroxylation sites is 1. The molecule has 0 unspecified atom stereocenters. The summed E-state index contributed by atoms with van der Waals surface area (Å²) in [6, 6.07) is 24.6. The lowest BCUT2D eigenvalue weighted by Crippen LogP contribution is -2.07. The Hall–Kier alpha value is -3.60. The van der Waals surface area contributed by atoms with E-state index >= 15 is 0 Å². The van der Waals surface area contributed by atoms with Crippen molar-refractivity contribution in [2.75, 3.05) is 5.32 Å². The summed E-state index contributed by atoms with van der Waals surface area (Å²) in [4.78, 5) is 13.0. The first-order valence-corrected chi connectivity index (χ1v) is 8.99. The summed E-state index contributed by atoms with van der Waals surface area (Å²) in [5.74, 6) is -0.235. The van der Waals surface area contributed by atoms with Gasteiger partial charge in [-0.15, -0.1) is 0 Å². The highest BCUT2D eigenvalue weighted by Crippen LogP contribution is 2.36. The number of fused-ring (bicyclic) bond motifs is 1. The zero-order valence-corrected chi connectivity index (χ0v) is 15.2. The summed E-state index contributed by atoms with van der Waals surface area (Å²) >= 11 is 0. The van der Waals surface area contributed by atoms with E-state index in [0.717, 1.165) is 17.8 Å². The number of hydrogen-bond acceptors (Lipinski definition) is 2. The van der Waals surface area contributed by atoms with Crippen LogP contribution in [0.4, 0.5) is 24.5 Å². The van der Waals surface area contributed by atoms with Gasteiger partial charge in [0.05, 0.1) is 5.56 Å². The van der Waals surface area contributed by atoms with Crippen molar-refractivity contribution < 1.29 is 18.0 Å². The van der Waals surface area contributed by atoms with Gasteiger partial charge in [-0.3, -0.25) is 4.79 Å². The predicted molar refractivity (Wildman–Crippen MR) is 109 cm³/mol. The van der Waals surface area contributed by atoms with Crippen LogP contribution in [-0.2, 0) is 6.18 Å². The van der Waals surface area contributed by atoms with Gasteiger partial charge in [0, 0.05) is 27.9 Å². The van der Waals surface area contributed by atoms with E-state index in [1.807, 2.05) is 30.3 Å². The van der Waals surface area contributed by atoms with E-state index in [9.17, 15) is 18.0 Å². The first kappa shape index (κ1) is 18.7. The fraction of sp³-hybridized carbons (Fsp3) is 0.0417. The molecule has 2 nitrogen and oxygen atoms in total. The molecule has 0 aliphatic rings. The molecule has 0 aliphatic carbocycles. The molecule has 0 spiro atoms. The molecule has 0 amide bonds. The van der Waals surface area contributed by atoms with E-state index in [1.165, 1.54) is 6.07 Å². The minimum atomic E-state index is -4.47. The van der Waals surface area contributed by atoms with Gasteiger partial charge in [-0.25, -0.2) is 0 Å². The third kappa shape index (κ3) is 3.85. The summed E-state index contributed by atoms with van der Waals surface area (Å²) < 4.78 is 39.9. The highest BCUT2D eigenvalue weighted by molar-refractivity contribution is 6.18. The third-order valence-corrected chi connectivity index (χ3v) is 4.68. The summed E-state index contributed by atoms with van der Waals surface area (Å²) in [5, 5.41) is 3.96. The Bertz CT molecular complexity index is 1170. The lowest BCUT2D eigenvalue weighted by Gasteiger charge is -2.15. The van der Waals surface area contributed by atoms with Crippen LogP contribution >= 0.6 is 0 Å². The number of hydrogen-bond donors (Lipinski definition) is 1. The molecular weight excluding hydrogens is 375 g/mol. The molecule has 0 bridgehead atoms. The normalized spacial score (nSPS) is 11.4. The minimum absolute atomic E-state index is 0.235. The second-order valence-corrected chi connectivity index (χ2v) is 6.60. The van der Waals surface area contributed by atoms with Crippen LogP contribution in [0, 0.1) is 0 Å². The zero-order valence-electron chi connectivity index (χ0n) is 15.2. The number of anilines is 2. The molecule has 0 saturated carbocycles. The summed E-state index contributed by atoms with van der Waals surface area (Å²) in [7, 11) is 0. The van der Waals surface area contributed by atoms with Crippen LogP contribution in [0.15, 0.2) is 91.0 Å². The Labute approximate surface area is 165 Å². The van der Waals surface area contributed by atoms with Gasteiger partial charge in [0.15, 0.2) is 5.78 Å². The number of halogens is 3. The largest absolute Gasteiger partial charge is 0.416 e. The van der Waals surface area contributed by atoms with Gasteiger partial charge in [0.1, 0.15) is 0 Å². The van der Waals surface area contributed by atoms with Crippen molar-refractivity contribution in [3.63, 3.8) is 0 Å². The topological polar surface area (TPSA) is 29.1 Å². The summed E-state index contributed by atoms with van der Waals surface area (Å²) in [6.45, 7) is 0. The lowest BCUT2D eigenvalue weighted by molar-refractivity contribution is -0.137. The molecule has 0 atom stereocenters. The molecule has 29 heavy (non-hydrogen) atoms. The standard InChI is InChI=1S/C24H16F3NO/c25-24(26,27)17-11-12-19-20(23(29)16-7-3-1-4-8-16)13-14-22(21(19)15-17)28-18-9-5-2-6-10-18/h1-15,28H. The second-order valence-electron chi connectivity index (χ2n) is 6.60. The predicted octanol–water partition coefficient (Wildman–Crippen LogP) is 6.83. The fourth-order valence-corrected chi connectivity index (χ4v) is 3.25. The van der Waals surface area contributed by atoms with E-state index in [-0.39, 0.29) is 5.78 Å². The van der Waals surface area contributed by atoms with Crippen LogP contribution in [-0.4, -0.2) is 5.78 Å². The average molecular weight is 391 g/mol. The molecule has 0 aliphatic heterocycles. The molecule has 5 heteroatoms. The lowest BCUT2D eigenvalue weighted by atomic mass is 9.95. The highest BCUT2D eigenvalue weighted by atomic mass is 19.4. The van der Waals surface area contributed by atoms with Crippen LogP contribution in [0.25, 0.3) is 10.8 Å². The fourth-order valence-electron chi connectivity index (χ4n) is 3.25. The van der Waals surface area contributed by atoms with Crippen LogP contribution < -0.4 is 5.32 Å².